The first-order chi connectivity index (χ1) is 22.4. The maximum absolute atomic E-state index is 12.9. The molecule has 228 valence electrons. The standard InChI is InChI=1S/C36H29ClN6O3/c1-38-35(46)36-15-25(36)29(30(44)31(36)45)43-17-40-28-33(39-16-18-4-2-7-22(37)14-18)41-32(42-34(28)43)24-13-11-21-9-8-19-5-3-6-20-10-12-23(24)27(21)26(19)20/h2-14,17,25,29-31,44-45H,15-16H2,1H3,(H,38,46)(H,39,41,42)/t25?,29-,30+,31+,36-/m1/s1. The number of aliphatic hydroxyl groups excluding tert-OH is 2. The number of aromatic nitrogens is 4. The molecule has 46 heavy (non-hydrogen) atoms. The summed E-state index contributed by atoms with van der Waals surface area (Å²) in [7, 11) is 1.56. The van der Waals surface area contributed by atoms with Crippen LogP contribution in [0.25, 0.3) is 54.9 Å². The molecule has 2 aliphatic rings. The highest BCUT2D eigenvalue weighted by Gasteiger charge is 2.75. The zero-order valence-electron chi connectivity index (χ0n) is 24.8. The Bertz CT molecular complexity index is 2340. The third-order valence-corrected chi connectivity index (χ3v) is 10.4. The minimum Gasteiger partial charge on any atom is -0.389 e. The van der Waals surface area contributed by atoms with Gasteiger partial charge >= 0.3 is 0 Å². The molecule has 0 spiro atoms. The summed E-state index contributed by atoms with van der Waals surface area (Å²) in [6.45, 7) is 0.449. The number of imidazole rings is 1. The summed E-state index contributed by atoms with van der Waals surface area (Å²) in [4.78, 5) is 27.7. The number of fused-ring (bicyclic) bond motifs is 2. The van der Waals surface area contributed by atoms with E-state index in [0.29, 0.717) is 40.8 Å². The summed E-state index contributed by atoms with van der Waals surface area (Å²) in [6, 6.07) is 26.1. The van der Waals surface area contributed by atoms with Crippen molar-refractivity contribution in [1.82, 2.24) is 24.8 Å². The van der Waals surface area contributed by atoms with Crippen LogP contribution in [0.3, 0.4) is 0 Å². The lowest BCUT2D eigenvalue weighted by atomic mass is 9.92. The molecule has 1 unspecified atom stereocenters. The molecular formula is C36H29ClN6O3. The van der Waals surface area contributed by atoms with Gasteiger partial charge in [-0.2, -0.15) is 0 Å². The van der Waals surface area contributed by atoms with Gasteiger partial charge in [0, 0.05) is 30.1 Å². The van der Waals surface area contributed by atoms with Crippen molar-refractivity contribution in [1.29, 1.82) is 0 Å². The molecule has 10 heteroatoms. The molecule has 1 amide bonds. The van der Waals surface area contributed by atoms with Crippen LogP contribution in [0.4, 0.5) is 5.82 Å². The van der Waals surface area contributed by atoms with Crippen LogP contribution in [-0.2, 0) is 11.3 Å². The number of anilines is 1. The molecule has 9 rings (SSSR count). The van der Waals surface area contributed by atoms with E-state index in [1.165, 1.54) is 16.2 Å². The minimum absolute atomic E-state index is 0.259. The molecule has 2 saturated carbocycles. The summed E-state index contributed by atoms with van der Waals surface area (Å²) in [5.74, 6) is 0.516. The summed E-state index contributed by atoms with van der Waals surface area (Å²) >= 11 is 6.27. The molecule has 0 bridgehead atoms. The molecule has 2 heterocycles. The number of benzene rings is 5. The Labute approximate surface area is 268 Å². The van der Waals surface area contributed by atoms with Crippen LogP contribution < -0.4 is 10.6 Å². The molecule has 0 aliphatic heterocycles. The first-order valence-electron chi connectivity index (χ1n) is 15.4. The van der Waals surface area contributed by atoms with E-state index in [4.69, 9.17) is 26.6 Å². The molecule has 9 nitrogen and oxygen atoms in total. The van der Waals surface area contributed by atoms with Gasteiger partial charge in [-0.3, -0.25) is 4.79 Å². The maximum Gasteiger partial charge on any atom is 0.229 e. The Morgan fingerprint density at radius 3 is 2.50 bits per heavy atom. The molecule has 5 aromatic carbocycles. The molecule has 4 N–H and O–H groups in total. The molecule has 0 radical (unpaired) electrons. The van der Waals surface area contributed by atoms with Crippen LogP contribution in [0.2, 0.25) is 5.02 Å². The average Bonchev–Trinajstić information content (AvgIpc) is 3.61. The van der Waals surface area contributed by atoms with Crippen molar-refractivity contribution in [3.8, 4) is 11.4 Å². The number of carbonyl (C=O) groups is 1. The second-order valence-corrected chi connectivity index (χ2v) is 13.0. The first-order valence-corrected chi connectivity index (χ1v) is 15.7. The van der Waals surface area contributed by atoms with Crippen molar-refractivity contribution in [3.63, 3.8) is 0 Å². The van der Waals surface area contributed by atoms with Crippen molar-refractivity contribution in [3.05, 3.63) is 95.8 Å². The summed E-state index contributed by atoms with van der Waals surface area (Å²) < 4.78 is 1.82. The largest absolute Gasteiger partial charge is 0.389 e. The number of aliphatic hydroxyl groups is 2. The smallest absolute Gasteiger partial charge is 0.229 e. The lowest BCUT2D eigenvalue weighted by Crippen LogP contribution is -2.41. The Kier molecular flexibility index (Phi) is 5.87. The highest BCUT2D eigenvalue weighted by atomic mass is 35.5. The van der Waals surface area contributed by atoms with Gasteiger partial charge in [-0.1, -0.05) is 72.3 Å². The minimum atomic E-state index is -1.20. The predicted octanol–water partition coefficient (Wildman–Crippen LogP) is 5.69. The van der Waals surface area contributed by atoms with E-state index >= 15 is 0 Å². The number of carbonyl (C=O) groups excluding carboxylic acids is 1. The number of amides is 1. The number of nitrogens with one attached hydrogen (secondary N) is 2. The quantitative estimate of drug-likeness (QED) is 0.175. The lowest BCUT2D eigenvalue weighted by molar-refractivity contribution is -0.132. The van der Waals surface area contributed by atoms with E-state index in [1.807, 2.05) is 28.8 Å². The van der Waals surface area contributed by atoms with Gasteiger partial charge in [0.1, 0.15) is 11.6 Å². The maximum atomic E-state index is 12.9. The fourth-order valence-corrected chi connectivity index (χ4v) is 8.14. The zero-order chi connectivity index (χ0) is 31.3. The van der Waals surface area contributed by atoms with Crippen molar-refractivity contribution in [2.24, 2.45) is 11.3 Å². The highest BCUT2D eigenvalue weighted by molar-refractivity contribution is 6.30. The number of nitrogens with zero attached hydrogens (tertiary/aromatic N) is 4. The molecule has 5 atom stereocenters. The van der Waals surface area contributed by atoms with E-state index < -0.39 is 23.7 Å². The fraction of sp³-hybridized carbons (Fsp3) is 0.222. The normalized spacial score (nSPS) is 23.8. The third-order valence-electron chi connectivity index (χ3n) is 10.2. The topological polar surface area (TPSA) is 125 Å². The molecule has 0 saturated heterocycles. The van der Waals surface area contributed by atoms with Crippen molar-refractivity contribution >= 4 is 66.8 Å². The second kappa shape index (κ2) is 9.83. The SMILES string of the molecule is CNC(=O)[C@]12CC1[C@@H](n1cnc3c(NCc4cccc(Cl)c4)nc(-c4ccc5ccc6cccc7ccc4c5c67)nc31)[C@H](O)[C@@H]2O. The Hall–Kier alpha value is -4.83. The fourth-order valence-electron chi connectivity index (χ4n) is 7.93. The van der Waals surface area contributed by atoms with Gasteiger partial charge in [0.15, 0.2) is 17.3 Å². The Morgan fingerprint density at radius 2 is 1.72 bits per heavy atom. The average molecular weight is 629 g/mol. The zero-order valence-corrected chi connectivity index (χ0v) is 25.5. The van der Waals surface area contributed by atoms with Crippen LogP contribution in [0.5, 0.6) is 0 Å². The van der Waals surface area contributed by atoms with Gasteiger partial charge in [0.2, 0.25) is 5.91 Å². The predicted molar refractivity (Wildman–Crippen MR) is 179 cm³/mol. The summed E-state index contributed by atoms with van der Waals surface area (Å²) in [5, 5.41) is 36.0. The monoisotopic (exact) mass is 628 g/mol. The summed E-state index contributed by atoms with van der Waals surface area (Å²) in [5.41, 5.74) is 1.86. The number of rotatable bonds is 6. The van der Waals surface area contributed by atoms with E-state index in [2.05, 4.69) is 65.2 Å². The Morgan fingerprint density at radius 1 is 0.978 bits per heavy atom. The van der Waals surface area contributed by atoms with Gasteiger partial charge in [-0.25, -0.2) is 15.0 Å². The molecule has 2 aliphatic carbocycles. The van der Waals surface area contributed by atoms with Crippen LogP contribution in [0, 0.1) is 11.3 Å². The van der Waals surface area contributed by atoms with Crippen molar-refractivity contribution in [2.75, 3.05) is 12.4 Å². The van der Waals surface area contributed by atoms with Crippen LogP contribution in [-0.4, -0.2) is 54.9 Å². The molecule has 7 aromatic rings. The van der Waals surface area contributed by atoms with Gasteiger partial charge in [-0.15, -0.1) is 0 Å². The molecule has 2 fully saturated rings. The number of halogens is 1. The van der Waals surface area contributed by atoms with E-state index in [9.17, 15) is 15.0 Å². The van der Waals surface area contributed by atoms with Crippen LogP contribution >= 0.6 is 11.6 Å². The second-order valence-electron chi connectivity index (χ2n) is 12.5. The lowest BCUT2D eigenvalue weighted by Gasteiger charge is -2.23. The van der Waals surface area contributed by atoms with Gasteiger partial charge in [0.05, 0.1) is 23.9 Å². The number of hydrogen-bond donors (Lipinski definition) is 4. The first kappa shape index (κ1) is 27.5. The van der Waals surface area contributed by atoms with Crippen LogP contribution in [0.1, 0.15) is 18.0 Å². The van der Waals surface area contributed by atoms with E-state index in [1.54, 1.807) is 13.4 Å². The molecule has 2 aromatic heterocycles. The van der Waals surface area contributed by atoms with Crippen LogP contribution in [0.15, 0.2) is 85.2 Å². The molecular weight excluding hydrogens is 600 g/mol. The third kappa shape index (κ3) is 3.76. The highest BCUT2D eigenvalue weighted by Crippen LogP contribution is 2.67. The summed E-state index contributed by atoms with van der Waals surface area (Å²) in [6.07, 6.45) is -0.248. The Balaban J connectivity index is 1.24. The van der Waals surface area contributed by atoms with Gasteiger partial charge < -0.3 is 25.4 Å². The van der Waals surface area contributed by atoms with Gasteiger partial charge in [-0.05, 0) is 62.5 Å². The van der Waals surface area contributed by atoms with E-state index in [-0.39, 0.29) is 11.8 Å². The van der Waals surface area contributed by atoms with E-state index in [0.717, 1.165) is 27.3 Å². The number of hydrogen-bond acceptors (Lipinski definition) is 7. The van der Waals surface area contributed by atoms with Crippen molar-refractivity contribution < 1.29 is 15.0 Å². The van der Waals surface area contributed by atoms with Gasteiger partial charge in [0.25, 0.3) is 0 Å². The van der Waals surface area contributed by atoms with Crippen molar-refractivity contribution in [2.45, 2.75) is 31.2 Å².